The van der Waals surface area contributed by atoms with Crippen molar-refractivity contribution in [2.24, 2.45) is 5.14 Å². The number of carbonyl (C=O) groups excluding carboxylic acids is 1. The highest BCUT2D eigenvalue weighted by Gasteiger charge is 2.14. The van der Waals surface area contributed by atoms with Crippen LogP contribution in [0.5, 0.6) is 0 Å². The predicted octanol–water partition coefficient (Wildman–Crippen LogP) is 1.21. The summed E-state index contributed by atoms with van der Waals surface area (Å²) in [5.74, 6) is -0.0969. The number of benzene rings is 1. The highest BCUT2D eigenvalue weighted by Crippen LogP contribution is 2.11. The van der Waals surface area contributed by atoms with Crippen LogP contribution in [0.4, 0.5) is 0 Å². The maximum Gasteiger partial charge on any atom is 0.253 e. The smallest absolute Gasteiger partial charge is 0.253 e. The van der Waals surface area contributed by atoms with Gasteiger partial charge in [-0.1, -0.05) is 6.92 Å². The lowest BCUT2D eigenvalue weighted by atomic mass is 10.2. The average Bonchev–Trinajstić information content (AvgIpc) is 2.34. The van der Waals surface area contributed by atoms with Gasteiger partial charge in [-0.3, -0.25) is 4.79 Å². The molecule has 0 fully saturated rings. The zero-order valence-corrected chi connectivity index (χ0v) is 11.4. The standard InChI is InChI=1S/C12H18N2O3S/c1-3-9-14(4-2)12(15)10-5-7-11(8-6-10)18(13,16)17/h5-8H,3-4,9H2,1-2H3,(H2,13,16,17). The Labute approximate surface area is 108 Å². The van der Waals surface area contributed by atoms with Gasteiger partial charge in [0.25, 0.3) is 5.91 Å². The van der Waals surface area contributed by atoms with Crippen molar-refractivity contribution in [1.82, 2.24) is 4.90 Å². The molecule has 2 N–H and O–H groups in total. The number of nitrogens with zero attached hydrogens (tertiary/aromatic N) is 1. The van der Waals surface area contributed by atoms with E-state index in [-0.39, 0.29) is 10.8 Å². The van der Waals surface area contributed by atoms with Crippen molar-refractivity contribution >= 4 is 15.9 Å². The number of nitrogens with two attached hydrogens (primary N) is 1. The van der Waals surface area contributed by atoms with Crippen LogP contribution in [0.1, 0.15) is 30.6 Å². The first-order valence-corrected chi connectivity index (χ1v) is 7.37. The molecule has 0 atom stereocenters. The van der Waals surface area contributed by atoms with Gasteiger partial charge in [-0.25, -0.2) is 13.6 Å². The molecule has 0 bridgehead atoms. The van der Waals surface area contributed by atoms with Gasteiger partial charge in [0.05, 0.1) is 4.90 Å². The summed E-state index contributed by atoms with van der Waals surface area (Å²) in [7, 11) is -3.71. The Kier molecular flexibility index (Phi) is 4.86. The largest absolute Gasteiger partial charge is 0.339 e. The SMILES string of the molecule is CCCN(CC)C(=O)c1ccc(S(N)(=O)=O)cc1. The van der Waals surface area contributed by atoms with E-state index in [1.54, 1.807) is 4.90 Å². The number of hydrogen-bond donors (Lipinski definition) is 1. The molecule has 6 heteroatoms. The molecule has 100 valence electrons. The van der Waals surface area contributed by atoms with Crippen molar-refractivity contribution in [2.45, 2.75) is 25.2 Å². The van der Waals surface area contributed by atoms with E-state index in [1.807, 2.05) is 13.8 Å². The Bertz CT molecular complexity index is 509. The molecule has 0 aliphatic rings. The first-order chi connectivity index (χ1) is 8.40. The minimum absolute atomic E-state index is 0.0117. The Hall–Kier alpha value is -1.40. The topological polar surface area (TPSA) is 80.5 Å². The summed E-state index contributed by atoms with van der Waals surface area (Å²) in [4.78, 5) is 13.8. The van der Waals surface area contributed by atoms with Crippen LogP contribution >= 0.6 is 0 Å². The summed E-state index contributed by atoms with van der Waals surface area (Å²) < 4.78 is 22.2. The third-order valence-corrected chi connectivity index (χ3v) is 3.52. The molecule has 1 rings (SSSR count). The van der Waals surface area contributed by atoms with Gasteiger partial charge in [-0.2, -0.15) is 0 Å². The molecule has 0 aliphatic heterocycles. The first kappa shape index (κ1) is 14.7. The molecule has 0 aromatic heterocycles. The molecule has 0 saturated heterocycles. The number of sulfonamides is 1. The highest BCUT2D eigenvalue weighted by molar-refractivity contribution is 7.89. The van der Waals surface area contributed by atoms with Crippen LogP contribution in [0.2, 0.25) is 0 Å². The van der Waals surface area contributed by atoms with Crippen molar-refractivity contribution in [3.63, 3.8) is 0 Å². The van der Waals surface area contributed by atoms with Crippen molar-refractivity contribution in [3.8, 4) is 0 Å². The van der Waals surface area contributed by atoms with Crippen LogP contribution in [0.3, 0.4) is 0 Å². The fraction of sp³-hybridized carbons (Fsp3) is 0.417. The molecule has 0 heterocycles. The molecule has 18 heavy (non-hydrogen) atoms. The predicted molar refractivity (Wildman–Crippen MR) is 69.7 cm³/mol. The summed E-state index contributed by atoms with van der Waals surface area (Å²) in [6, 6.07) is 5.67. The van der Waals surface area contributed by atoms with Crippen LogP contribution in [-0.4, -0.2) is 32.3 Å². The van der Waals surface area contributed by atoms with Gasteiger partial charge >= 0.3 is 0 Å². The van der Waals surface area contributed by atoms with E-state index in [2.05, 4.69) is 0 Å². The van der Waals surface area contributed by atoms with Crippen LogP contribution in [0.25, 0.3) is 0 Å². The molecule has 5 nitrogen and oxygen atoms in total. The van der Waals surface area contributed by atoms with Crippen molar-refractivity contribution in [1.29, 1.82) is 0 Å². The summed E-state index contributed by atoms with van der Waals surface area (Å²) in [5.41, 5.74) is 0.470. The van der Waals surface area contributed by atoms with E-state index in [0.29, 0.717) is 18.7 Å². The summed E-state index contributed by atoms with van der Waals surface area (Å²) in [5, 5.41) is 4.99. The van der Waals surface area contributed by atoms with Gasteiger partial charge in [0.15, 0.2) is 0 Å². The Morgan fingerprint density at radius 2 is 1.78 bits per heavy atom. The number of carbonyl (C=O) groups is 1. The van der Waals surface area contributed by atoms with E-state index in [9.17, 15) is 13.2 Å². The second kappa shape index (κ2) is 5.97. The van der Waals surface area contributed by atoms with Gasteiger partial charge in [-0.15, -0.1) is 0 Å². The molecular weight excluding hydrogens is 252 g/mol. The van der Waals surface area contributed by atoms with E-state index < -0.39 is 10.0 Å². The Morgan fingerprint density at radius 3 is 2.17 bits per heavy atom. The maximum atomic E-state index is 12.1. The van der Waals surface area contributed by atoms with E-state index in [4.69, 9.17) is 5.14 Å². The number of rotatable bonds is 5. The van der Waals surface area contributed by atoms with Gasteiger partial charge < -0.3 is 4.90 Å². The molecule has 0 radical (unpaired) electrons. The minimum Gasteiger partial charge on any atom is -0.339 e. The van der Waals surface area contributed by atoms with Crippen molar-refractivity contribution in [2.75, 3.05) is 13.1 Å². The lowest BCUT2D eigenvalue weighted by Gasteiger charge is -2.20. The van der Waals surface area contributed by atoms with Gasteiger partial charge in [0.1, 0.15) is 0 Å². The van der Waals surface area contributed by atoms with Crippen LogP contribution in [0, 0.1) is 0 Å². The quantitative estimate of drug-likeness (QED) is 0.873. The van der Waals surface area contributed by atoms with Gasteiger partial charge in [-0.05, 0) is 37.6 Å². The minimum atomic E-state index is -3.71. The van der Waals surface area contributed by atoms with E-state index >= 15 is 0 Å². The van der Waals surface area contributed by atoms with Gasteiger partial charge in [0, 0.05) is 18.7 Å². The molecule has 0 unspecified atom stereocenters. The van der Waals surface area contributed by atoms with Crippen LogP contribution in [-0.2, 0) is 10.0 Å². The van der Waals surface area contributed by atoms with E-state index in [0.717, 1.165) is 6.42 Å². The fourth-order valence-corrected chi connectivity index (χ4v) is 2.16. The van der Waals surface area contributed by atoms with Crippen molar-refractivity contribution < 1.29 is 13.2 Å². The van der Waals surface area contributed by atoms with Crippen molar-refractivity contribution in [3.05, 3.63) is 29.8 Å². The zero-order valence-electron chi connectivity index (χ0n) is 10.6. The second-order valence-electron chi connectivity index (χ2n) is 3.95. The normalized spacial score (nSPS) is 11.3. The number of amides is 1. The molecule has 1 amide bonds. The second-order valence-corrected chi connectivity index (χ2v) is 5.52. The van der Waals surface area contributed by atoms with E-state index in [1.165, 1.54) is 24.3 Å². The first-order valence-electron chi connectivity index (χ1n) is 5.82. The third-order valence-electron chi connectivity index (χ3n) is 2.59. The monoisotopic (exact) mass is 270 g/mol. The molecule has 1 aromatic carbocycles. The fourth-order valence-electron chi connectivity index (χ4n) is 1.64. The summed E-state index contributed by atoms with van der Waals surface area (Å²) >= 11 is 0. The van der Waals surface area contributed by atoms with Crippen LogP contribution < -0.4 is 5.14 Å². The molecular formula is C12H18N2O3S. The molecule has 0 spiro atoms. The lowest BCUT2D eigenvalue weighted by molar-refractivity contribution is 0.0764. The van der Waals surface area contributed by atoms with Gasteiger partial charge in [0.2, 0.25) is 10.0 Å². The van der Waals surface area contributed by atoms with Crippen LogP contribution in [0.15, 0.2) is 29.2 Å². The average molecular weight is 270 g/mol. The molecule has 0 aliphatic carbocycles. The summed E-state index contributed by atoms with van der Waals surface area (Å²) in [6.07, 6.45) is 0.884. The maximum absolute atomic E-state index is 12.1. The number of primary sulfonamides is 1. The Balaban J connectivity index is 2.95. The third kappa shape index (κ3) is 3.54. The zero-order chi connectivity index (χ0) is 13.8. The Morgan fingerprint density at radius 1 is 1.22 bits per heavy atom. The number of hydrogen-bond acceptors (Lipinski definition) is 3. The lowest BCUT2D eigenvalue weighted by Crippen LogP contribution is -2.31. The molecule has 1 aromatic rings. The summed E-state index contributed by atoms with van der Waals surface area (Å²) in [6.45, 7) is 5.22. The highest BCUT2D eigenvalue weighted by atomic mass is 32.2. The molecule has 0 saturated carbocycles.